The van der Waals surface area contributed by atoms with E-state index in [4.69, 9.17) is 0 Å². The molecular weight excluding hydrogens is 399 g/mol. The number of aryl methyl sites for hydroxylation is 1. The fraction of sp³-hybridized carbons (Fsp3) is 0.350. The number of hydrogen-bond donors (Lipinski definition) is 1. The molecule has 7 nitrogen and oxygen atoms in total. The number of carbonyl (C=O) groups excluding carboxylic acids is 1. The van der Waals surface area contributed by atoms with Gasteiger partial charge in [-0.05, 0) is 36.8 Å². The van der Waals surface area contributed by atoms with Gasteiger partial charge in [-0.2, -0.15) is 13.2 Å². The number of fused-ring (bicyclic) bond motifs is 1. The van der Waals surface area contributed by atoms with Crippen molar-refractivity contribution >= 4 is 22.8 Å². The van der Waals surface area contributed by atoms with Crippen molar-refractivity contribution in [2.45, 2.75) is 12.6 Å². The number of pyridine rings is 1. The summed E-state index contributed by atoms with van der Waals surface area (Å²) in [6.45, 7) is 2.01. The van der Waals surface area contributed by atoms with E-state index >= 15 is 0 Å². The van der Waals surface area contributed by atoms with Crippen LogP contribution in [-0.4, -0.2) is 51.5 Å². The molecular formula is C20H20F3N5O2. The van der Waals surface area contributed by atoms with Crippen molar-refractivity contribution in [1.29, 1.82) is 0 Å². The second-order valence-electron chi connectivity index (χ2n) is 7.26. The number of alkyl halides is 3. The second-order valence-corrected chi connectivity index (χ2v) is 7.26. The normalized spacial score (nSPS) is 15.5. The van der Waals surface area contributed by atoms with Crippen LogP contribution in [0, 0.1) is 0 Å². The highest BCUT2D eigenvalue weighted by Crippen LogP contribution is 2.29. The van der Waals surface area contributed by atoms with E-state index in [1.807, 2.05) is 4.90 Å². The van der Waals surface area contributed by atoms with Crippen LogP contribution in [-0.2, 0) is 13.2 Å². The van der Waals surface area contributed by atoms with Gasteiger partial charge in [-0.3, -0.25) is 9.36 Å². The Bertz CT molecular complexity index is 1130. The number of imidazole rings is 1. The Balaban J connectivity index is 1.48. The van der Waals surface area contributed by atoms with Crippen molar-refractivity contribution in [3.8, 4) is 0 Å². The lowest BCUT2D eigenvalue weighted by Gasteiger charge is -2.23. The molecule has 0 radical (unpaired) electrons. The largest absolute Gasteiger partial charge is 0.417 e. The summed E-state index contributed by atoms with van der Waals surface area (Å²) in [7, 11) is 1.64. The molecule has 1 fully saturated rings. The maximum atomic E-state index is 13.0. The van der Waals surface area contributed by atoms with E-state index in [2.05, 4.69) is 9.97 Å². The first-order valence-electron chi connectivity index (χ1n) is 9.50. The van der Waals surface area contributed by atoms with Gasteiger partial charge in [-0.1, -0.05) is 0 Å². The number of benzene rings is 1. The molecule has 0 unspecified atom stereocenters. The summed E-state index contributed by atoms with van der Waals surface area (Å²) < 4.78 is 39.7. The number of aromatic amines is 1. The van der Waals surface area contributed by atoms with Crippen LogP contribution in [0.15, 0.2) is 41.3 Å². The minimum absolute atomic E-state index is 0.146. The standard InChI is InChI=1S/C20H20F3N5O2/c1-26-16-11-13(3-5-15(16)25-19(26)30)18(29)28-8-2-7-27(9-10-28)17-6-4-14(12-24-17)20(21,22)23/h3-6,11-12H,2,7-10H2,1H3,(H,25,30). The first kappa shape index (κ1) is 20.0. The first-order chi connectivity index (χ1) is 14.2. The minimum atomic E-state index is -4.42. The lowest BCUT2D eigenvalue weighted by atomic mass is 10.1. The Hall–Kier alpha value is -3.30. The fourth-order valence-corrected chi connectivity index (χ4v) is 3.63. The van der Waals surface area contributed by atoms with E-state index < -0.39 is 11.7 Å². The van der Waals surface area contributed by atoms with E-state index in [9.17, 15) is 22.8 Å². The summed E-state index contributed by atoms with van der Waals surface area (Å²) in [5.41, 5.74) is 0.764. The predicted molar refractivity (Wildman–Crippen MR) is 106 cm³/mol. The number of carbonyl (C=O) groups is 1. The zero-order valence-corrected chi connectivity index (χ0v) is 16.2. The van der Waals surface area contributed by atoms with Gasteiger partial charge >= 0.3 is 11.9 Å². The highest BCUT2D eigenvalue weighted by Gasteiger charge is 2.31. The fourth-order valence-electron chi connectivity index (χ4n) is 3.63. The molecule has 1 aliphatic heterocycles. The van der Waals surface area contributed by atoms with E-state index in [0.717, 1.165) is 12.3 Å². The molecule has 1 aliphatic rings. The highest BCUT2D eigenvalue weighted by atomic mass is 19.4. The molecule has 0 spiro atoms. The molecule has 0 atom stereocenters. The quantitative estimate of drug-likeness (QED) is 0.693. The van der Waals surface area contributed by atoms with E-state index in [1.54, 1.807) is 30.1 Å². The molecule has 158 valence electrons. The lowest BCUT2D eigenvalue weighted by molar-refractivity contribution is -0.137. The minimum Gasteiger partial charge on any atom is -0.355 e. The van der Waals surface area contributed by atoms with E-state index in [0.29, 0.717) is 55.0 Å². The molecule has 3 aromatic rings. The maximum absolute atomic E-state index is 13.0. The van der Waals surface area contributed by atoms with Crippen molar-refractivity contribution in [2.75, 3.05) is 31.1 Å². The number of H-pyrrole nitrogens is 1. The van der Waals surface area contributed by atoms with Crippen LogP contribution < -0.4 is 10.6 Å². The van der Waals surface area contributed by atoms with Crippen LogP contribution in [0.4, 0.5) is 19.0 Å². The number of hydrogen-bond acceptors (Lipinski definition) is 4. The monoisotopic (exact) mass is 419 g/mol. The Morgan fingerprint density at radius 3 is 2.60 bits per heavy atom. The third-order valence-corrected chi connectivity index (χ3v) is 5.33. The Morgan fingerprint density at radius 2 is 1.90 bits per heavy atom. The van der Waals surface area contributed by atoms with Gasteiger partial charge < -0.3 is 14.8 Å². The molecule has 0 aliphatic carbocycles. The molecule has 1 N–H and O–H groups in total. The molecule has 2 aromatic heterocycles. The van der Waals surface area contributed by atoms with E-state index in [1.165, 1.54) is 10.6 Å². The average Bonchev–Trinajstić information content (AvgIpc) is 2.89. The zero-order valence-electron chi connectivity index (χ0n) is 16.2. The van der Waals surface area contributed by atoms with Crippen LogP contribution in [0.2, 0.25) is 0 Å². The van der Waals surface area contributed by atoms with Gasteiger partial charge in [0, 0.05) is 45.0 Å². The van der Waals surface area contributed by atoms with Crippen LogP contribution >= 0.6 is 0 Å². The van der Waals surface area contributed by atoms with Crippen LogP contribution in [0.3, 0.4) is 0 Å². The molecule has 3 heterocycles. The van der Waals surface area contributed by atoms with Gasteiger partial charge in [-0.25, -0.2) is 9.78 Å². The Labute approximate surface area is 169 Å². The summed E-state index contributed by atoms with van der Waals surface area (Å²) in [6.07, 6.45) is -2.92. The third kappa shape index (κ3) is 3.77. The average molecular weight is 419 g/mol. The van der Waals surface area contributed by atoms with Crippen molar-refractivity contribution < 1.29 is 18.0 Å². The van der Waals surface area contributed by atoms with Crippen molar-refractivity contribution in [2.24, 2.45) is 7.05 Å². The molecule has 30 heavy (non-hydrogen) atoms. The number of anilines is 1. The van der Waals surface area contributed by atoms with Crippen molar-refractivity contribution in [3.05, 3.63) is 58.1 Å². The molecule has 0 saturated carbocycles. The molecule has 1 amide bonds. The van der Waals surface area contributed by atoms with Gasteiger partial charge in [0.2, 0.25) is 0 Å². The Kier molecular flexibility index (Phi) is 5.00. The maximum Gasteiger partial charge on any atom is 0.417 e. The van der Waals surface area contributed by atoms with Crippen molar-refractivity contribution in [3.63, 3.8) is 0 Å². The van der Waals surface area contributed by atoms with Crippen LogP contribution in [0.25, 0.3) is 11.0 Å². The molecule has 10 heteroatoms. The van der Waals surface area contributed by atoms with Gasteiger partial charge in [0.05, 0.1) is 16.6 Å². The van der Waals surface area contributed by atoms with Crippen LogP contribution in [0.5, 0.6) is 0 Å². The zero-order chi connectivity index (χ0) is 21.5. The third-order valence-electron chi connectivity index (χ3n) is 5.33. The predicted octanol–water partition coefficient (Wildman–Crippen LogP) is 2.63. The smallest absolute Gasteiger partial charge is 0.355 e. The van der Waals surface area contributed by atoms with E-state index in [-0.39, 0.29) is 11.6 Å². The molecule has 1 saturated heterocycles. The first-order valence-corrected chi connectivity index (χ1v) is 9.50. The highest BCUT2D eigenvalue weighted by molar-refractivity contribution is 5.97. The van der Waals surface area contributed by atoms with Crippen molar-refractivity contribution in [1.82, 2.24) is 19.4 Å². The summed E-state index contributed by atoms with van der Waals surface area (Å²) in [5, 5.41) is 0. The topological polar surface area (TPSA) is 74.2 Å². The lowest BCUT2D eigenvalue weighted by Crippen LogP contribution is -2.35. The number of nitrogens with one attached hydrogen (secondary N) is 1. The summed E-state index contributed by atoms with van der Waals surface area (Å²) in [6, 6.07) is 7.46. The Morgan fingerprint density at radius 1 is 1.10 bits per heavy atom. The number of amides is 1. The molecule has 4 rings (SSSR count). The number of aromatic nitrogens is 3. The van der Waals surface area contributed by atoms with Gasteiger partial charge in [0.25, 0.3) is 5.91 Å². The summed E-state index contributed by atoms with van der Waals surface area (Å²) in [4.78, 5) is 35.0. The number of nitrogens with zero attached hydrogens (tertiary/aromatic N) is 4. The number of halogens is 3. The van der Waals surface area contributed by atoms with Gasteiger partial charge in [-0.15, -0.1) is 0 Å². The van der Waals surface area contributed by atoms with Gasteiger partial charge in [0.1, 0.15) is 5.82 Å². The summed E-state index contributed by atoms with van der Waals surface area (Å²) >= 11 is 0. The van der Waals surface area contributed by atoms with Crippen LogP contribution in [0.1, 0.15) is 22.3 Å². The number of rotatable bonds is 2. The molecule has 1 aromatic carbocycles. The SMILES string of the molecule is Cn1c(=O)[nH]c2ccc(C(=O)N3CCCN(c4ccc(C(F)(F)F)cn4)CC3)cc21. The molecule has 0 bridgehead atoms. The summed E-state index contributed by atoms with van der Waals surface area (Å²) in [5.74, 6) is 0.314. The second kappa shape index (κ2) is 7.51. The van der Waals surface area contributed by atoms with Gasteiger partial charge in [0.15, 0.2) is 0 Å².